The summed E-state index contributed by atoms with van der Waals surface area (Å²) >= 11 is 4.35. The van der Waals surface area contributed by atoms with Crippen molar-refractivity contribution in [3.8, 4) is 17.2 Å². The van der Waals surface area contributed by atoms with Crippen LogP contribution in [0, 0.1) is 7.14 Å². The Kier molecular flexibility index (Phi) is 7.79. The number of benzene rings is 2. The van der Waals surface area contributed by atoms with Crippen molar-refractivity contribution in [2.75, 3.05) is 13.3 Å². The van der Waals surface area contributed by atoms with Crippen LogP contribution in [0.25, 0.3) is 0 Å². The third-order valence-electron chi connectivity index (χ3n) is 3.82. The quantitative estimate of drug-likeness (QED) is 0.322. The third-order valence-corrected chi connectivity index (χ3v) is 6.22. The molecule has 5 nitrogen and oxygen atoms in total. The normalized spacial score (nSPS) is 11.7. The summed E-state index contributed by atoms with van der Waals surface area (Å²) in [5.41, 5.74) is 2.04. The molecule has 0 fully saturated rings. The third kappa shape index (κ3) is 6.09. The zero-order valence-corrected chi connectivity index (χ0v) is 19.9. The largest absolute Gasteiger partial charge is 0.493 e. The first-order valence-corrected chi connectivity index (χ1v) is 11.9. The number of rotatable bonds is 7. The number of hydrogen-bond acceptors (Lipinski definition) is 3. The van der Waals surface area contributed by atoms with Crippen LogP contribution in [-0.2, 0) is 11.0 Å². The first-order chi connectivity index (χ1) is 12.1. The molecule has 2 rings (SSSR count). The lowest BCUT2D eigenvalue weighted by Crippen LogP contribution is -1.99. The first-order valence-electron chi connectivity index (χ1n) is 7.99. The predicted molar refractivity (Wildman–Crippen MR) is 120 cm³/mol. The molecule has 0 bridgehead atoms. The topological polar surface area (TPSA) is 76.0 Å². The highest BCUT2D eigenvalue weighted by Crippen LogP contribution is 2.39. The Morgan fingerprint density at radius 3 is 2.19 bits per heavy atom. The number of aryl methyl sites for hydroxylation is 1. The molecule has 2 aromatic carbocycles. The molecule has 0 spiro atoms. The molecule has 2 N–H and O–H groups in total. The molecule has 0 aliphatic heterocycles. The SMILES string of the molecule is COc1cc(C(C)C)ccc1Oc1c(I)cc(CCP(=O)(O)O)cc1I. The fourth-order valence-electron chi connectivity index (χ4n) is 2.37. The molecular weight excluding hydrogens is 581 g/mol. The van der Waals surface area contributed by atoms with E-state index in [0.717, 1.165) is 12.7 Å². The summed E-state index contributed by atoms with van der Waals surface area (Å²) in [6.45, 7) is 4.25. The number of hydrogen-bond donors (Lipinski definition) is 2. The van der Waals surface area contributed by atoms with Gasteiger partial charge in [0.05, 0.1) is 20.4 Å². The van der Waals surface area contributed by atoms with Crippen molar-refractivity contribution < 1.29 is 23.8 Å². The van der Waals surface area contributed by atoms with Crippen LogP contribution in [0.5, 0.6) is 17.2 Å². The van der Waals surface area contributed by atoms with Gasteiger partial charge in [0.25, 0.3) is 0 Å². The Morgan fingerprint density at radius 1 is 1.08 bits per heavy atom. The van der Waals surface area contributed by atoms with Gasteiger partial charge in [-0.05, 0) is 92.9 Å². The van der Waals surface area contributed by atoms with Gasteiger partial charge in [-0.3, -0.25) is 4.57 Å². The van der Waals surface area contributed by atoms with E-state index in [2.05, 4.69) is 59.0 Å². The molecule has 8 heteroatoms. The smallest absolute Gasteiger partial charge is 0.325 e. The highest BCUT2D eigenvalue weighted by atomic mass is 127. The molecule has 0 aliphatic carbocycles. The lowest BCUT2D eigenvalue weighted by atomic mass is 10.0. The summed E-state index contributed by atoms with van der Waals surface area (Å²) in [6, 6.07) is 9.69. The fourth-order valence-corrected chi connectivity index (χ4v) is 5.03. The molecule has 26 heavy (non-hydrogen) atoms. The summed E-state index contributed by atoms with van der Waals surface area (Å²) in [5, 5.41) is 0. The molecule has 0 heterocycles. The first kappa shape index (κ1) is 21.9. The maximum Gasteiger partial charge on any atom is 0.325 e. The lowest BCUT2D eigenvalue weighted by Gasteiger charge is -2.16. The summed E-state index contributed by atoms with van der Waals surface area (Å²) in [6.07, 6.45) is 0.160. The van der Waals surface area contributed by atoms with Crippen LogP contribution in [-0.4, -0.2) is 23.1 Å². The highest BCUT2D eigenvalue weighted by molar-refractivity contribution is 14.1. The van der Waals surface area contributed by atoms with Crippen molar-refractivity contribution in [3.05, 3.63) is 48.6 Å². The van der Waals surface area contributed by atoms with Gasteiger partial charge < -0.3 is 19.3 Å². The molecule has 0 saturated carbocycles. The van der Waals surface area contributed by atoms with Crippen LogP contribution in [0.3, 0.4) is 0 Å². The van der Waals surface area contributed by atoms with E-state index >= 15 is 0 Å². The highest BCUT2D eigenvalue weighted by Gasteiger charge is 2.17. The predicted octanol–water partition coefficient (Wildman–Crippen LogP) is 5.54. The van der Waals surface area contributed by atoms with Gasteiger partial charge in [-0.1, -0.05) is 19.9 Å². The molecular formula is C18H21I2O5P. The van der Waals surface area contributed by atoms with Crippen molar-refractivity contribution in [3.63, 3.8) is 0 Å². The van der Waals surface area contributed by atoms with Crippen molar-refractivity contribution in [2.24, 2.45) is 0 Å². The van der Waals surface area contributed by atoms with E-state index in [-0.39, 0.29) is 6.16 Å². The minimum absolute atomic E-state index is 0.163. The molecule has 2 aromatic rings. The van der Waals surface area contributed by atoms with Crippen LogP contribution in [0.4, 0.5) is 0 Å². The van der Waals surface area contributed by atoms with Crippen LogP contribution < -0.4 is 9.47 Å². The minimum Gasteiger partial charge on any atom is -0.493 e. The van der Waals surface area contributed by atoms with Crippen molar-refractivity contribution in [2.45, 2.75) is 26.2 Å². The molecule has 0 amide bonds. The van der Waals surface area contributed by atoms with Crippen LogP contribution in [0.15, 0.2) is 30.3 Å². The van der Waals surface area contributed by atoms with E-state index in [1.807, 2.05) is 30.3 Å². The van der Waals surface area contributed by atoms with Crippen molar-refractivity contribution in [1.29, 1.82) is 0 Å². The summed E-state index contributed by atoms with van der Waals surface area (Å²) in [7, 11) is -2.39. The van der Waals surface area contributed by atoms with E-state index in [1.54, 1.807) is 7.11 Å². The molecule has 142 valence electrons. The Bertz CT molecular complexity index is 809. The van der Waals surface area contributed by atoms with Crippen LogP contribution in [0.2, 0.25) is 0 Å². The second-order valence-corrected chi connectivity index (χ2v) is 10.3. The molecule has 0 aliphatic rings. The Hall–Kier alpha value is -0.350. The molecule has 0 unspecified atom stereocenters. The molecule has 0 saturated heterocycles. The molecule has 0 radical (unpaired) electrons. The van der Waals surface area contributed by atoms with Gasteiger partial charge in [-0.15, -0.1) is 0 Å². The van der Waals surface area contributed by atoms with Crippen LogP contribution >= 0.6 is 52.8 Å². The molecule has 0 aromatic heterocycles. The lowest BCUT2D eigenvalue weighted by molar-refractivity contribution is 0.373. The van der Waals surface area contributed by atoms with Crippen molar-refractivity contribution in [1.82, 2.24) is 0 Å². The summed E-state index contributed by atoms with van der Waals surface area (Å²) in [4.78, 5) is 18.1. The van der Waals surface area contributed by atoms with E-state index in [0.29, 0.717) is 29.6 Å². The standard InChI is InChI=1S/C18H21I2O5P/c1-11(2)13-4-5-16(17(10-13)24-3)25-18-14(19)8-12(9-15(18)20)6-7-26(21,22)23/h4-5,8-11H,6-7H2,1-3H3,(H2,21,22,23). The minimum atomic E-state index is -4.00. The second-order valence-electron chi connectivity index (χ2n) is 6.19. The average molecular weight is 602 g/mol. The van der Waals surface area contributed by atoms with E-state index in [1.165, 1.54) is 5.56 Å². The number of ether oxygens (including phenoxy) is 2. The van der Waals surface area contributed by atoms with Gasteiger partial charge in [-0.2, -0.15) is 0 Å². The summed E-state index contributed by atoms with van der Waals surface area (Å²) in [5.74, 6) is 2.41. The zero-order chi connectivity index (χ0) is 19.5. The number of methoxy groups -OCH3 is 1. The Balaban J connectivity index is 2.28. The number of halogens is 2. The maximum atomic E-state index is 11.1. The van der Waals surface area contributed by atoms with Gasteiger partial charge in [0.2, 0.25) is 0 Å². The van der Waals surface area contributed by atoms with Gasteiger partial charge in [-0.25, -0.2) is 0 Å². The van der Waals surface area contributed by atoms with Gasteiger partial charge >= 0.3 is 7.60 Å². The average Bonchev–Trinajstić information content (AvgIpc) is 2.55. The van der Waals surface area contributed by atoms with E-state index < -0.39 is 7.60 Å². The maximum absolute atomic E-state index is 11.1. The van der Waals surface area contributed by atoms with Gasteiger partial charge in [0.15, 0.2) is 17.2 Å². The van der Waals surface area contributed by atoms with Crippen LogP contribution in [0.1, 0.15) is 30.9 Å². The monoisotopic (exact) mass is 602 g/mol. The van der Waals surface area contributed by atoms with E-state index in [9.17, 15) is 4.57 Å². The van der Waals surface area contributed by atoms with Gasteiger partial charge in [0.1, 0.15) is 0 Å². The molecule has 0 atom stereocenters. The Labute approximate surface area is 180 Å². The Morgan fingerprint density at radius 2 is 1.69 bits per heavy atom. The van der Waals surface area contributed by atoms with Gasteiger partial charge in [0, 0.05) is 0 Å². The zero-order valence-electron chi connectivity index (χ0n) is 14.7. The fraction of sp³-hybridized carbons (Fsp3) is 0.333. The summed E-state index contributed by atoms with van der Waals surface area (Å²) < 4.78 is 24.4. The van der Waals surface area contributed by atoms with E-state index in [4.69, 9.17) is 19.3 Å². The second kappa shape index (κ2) is 9.23. The van der Waals surface area contributed by atoms with Crippen molar-refractivity contribution >= 4 is 52.8 Å².